The van der Waals surface area contributed by atoms with E-state index in [0.717, 1.165) is 6.08 Å². The summed E-state index contributed by atoms with van der Waals surface area (Å²) in [6, 6.07) is 4.06. The highest BCUT2D eigenvalue weighted by Gasteiger charge is 2.22. The van der Waals surface area contributed by atoms with Crippen LogP contribution in [0.4, 0.5) is 0 Å². The number of esters is 1. The lowest BCUT2D eigenvalue weighted by Gasteiger charge is -2.07. The minimum absolute atomic E-state index is 0.111. The van der Waals surface area contributed by atoms with Gasteiger partial charge in [0.15, 0.2) is 0 Å². The zero-order valence-electron chi connectivity index (χ0n) is 9.21. The molecule has 0 saturated carbocycles. The molecule has 0 aliphatic heterocycles. The van der Waals surface area contributed by atoms with E-state index in [1.807, 2.05) is 0 Å². The van der Waals surface area contributed by atoms with Crippen LogP contribution in [-0.4, -0.2) is 27.1 Å². The number of carbonyl (C=O) groups excluding carboxylic acids is 2. The molecule has 0 amide bonds. The highest BCUT2D eigenvalue weighted by molar-refractivity contribution is 14.1. The Balaban J connectivity index is 3.39. The Bertz CT molecular complexity index is 619. The van der Waals surface area contributed by atoms with Gasteiger partial charge < -0.3 is 4.74 Å². The molecule has 1 aromatic carbocycles. The molecule has 0 aliphatic carbocycles. The number of ether oxygens (including phenoxy) is 1. The van der Waals surface area contributed by atoms with Crippen LogP contribution in [0.15, 0.2) is 27.5 Å². The third-order valence-electron chi connectivity index (χ3n) is 1.89. The van der Waals surface area contributed by atoms with Crippen LogP contribution in [0, 0.1) is 3.57 Å². The van der Waals surface area contributed by atoms with Crippen LogP contribution in [0.2, 0.25) is 0 Å². The Kier molecular flexibility index (Phi) is 5.00. The van der Waals surface area contributed by atoms with Gasteiger partial charge in [0.2, 0.25) is 0 Å². The smallest absolute Gasteiger partial charge is 0.339 e. The highest BCUT2D eigenvalue weighted by Crippen LogP contribution is 2.24. The van der Waals surface area contributed by atoms with E-state index in [4.69, 9.17) is 4.74 Å². The maximum absolute atomic E-state index is 11.6. The highest BCUT2D eigenvalue weighted by atomic mass is 127. The molecule has 1 aromatic rings. The van der Waals surface area contributed by atoms with Crippen molar-refractivity contribution in [1.29, 1.82) is 0 Å². The summed E-state index contributed by atoms with van der Waals surface area (Å²) in [4.78, 5) is 21.4. The van der Waals surface area contributed by atoms with Crippen LogP contribution >= 0.6 is 22.6 Å². The van der Waals surface area contributed by atoms with Gasteiger partial charge in [-0.2, -0.15) is 8.42 Å². The van der Waals surface area contributed by atoms with Gasteiger partial charge in [-0.25, -0.2) is 9.59 Å². The summed E-state index contributed by atoms with van der Waals surface area (Å²) in [6.07, 6.45) is 0.975. The fourth-order valence-corrected chi connectivity index (χ4v) is 3.37. The maximum Gasteiger partial charge on any atom is 0.339 e. The largest absolute Gasteiger partial charge is 0.462 e. The molecule has 0 fully saturated rings. The minimum atomic E-state index is -4.13. The predicted octanol–water partition coefficient (Wildman–Crippen LogP) is 1.49. The number of hydrogen-bond acceptors (Lipinski definition) is 5. The van der Waals surface area contributed by atoms with Crippen molar-refractivity contribution in [3.05, 3.63) is 27.3 Å². The van der Waals surface area contributed by atoms with Crippen molar-refractivity contribution in [3.63, 3.8) is 0 Å². The summed E-state index contributed by atoms with van der Waals surface area (Å²) in [7, 11) is -4.13. The topological polar surface area (TPSA) is 89.9 Å². The van der Waals surface area contributed by atoms with Crippen molar-refractivity contribution in [2.24, 2.45) is 4.40 Å². The maximum atomic E-state index is 11.6. The molecule has 0 heterocycles. The van der Waals surface area contributed by atoms with Gasteiger partial charge >= 0.3 is 5.97 Å². The molecular formula is C10H8INO5S. The van der Waals surface area contributed by atoms with Gasteiger partial charge in [0.1, 0.15) is 4.90 Å². The molecule has 0 N–H and O–H groups in total. The molecular weight excluding hydrogens is 373 g/mol. The van der Waals surface area contributed by atoms with E-state index in [1.54, 1.807) is 29.5 Å². The van der Waals surface area contributed by atoms with Crippen LogP contribution in [0.1, 0.15) is 17.3 Å². The average Bonchev–Trinajstić information content (AvgIpc) is 2.29. The second kappa shape index (κ2) is 6.07. The lowest BCUT2D eigenvalue weighted by Crippen LogP contribution is -2.10. The number of benzene rings is 1. The van der Waals surface area contributed by atoms with Crippen molar-refractivity contribution in [2.45, 2.75) is 11.8 Å². The van der Waals surface area contributed by atoms with Gasteiger partial charge in [0.25, 0.3) is 16.1 Å². The Labute approximate surface area is 117 Å². The van der Waals surface area contributed by atoms with E-state index in [9.17, 15) is 18.0 Å². The normalized spacial score (nSPS) is 10.6. The first kappa shape index (κ1) is 14.8. The predicted molar refractivity (Wildman–Crippen MR) is 70.4 cm³/mol. The lowest BCUT2D eigenvalue weighted by molar-refractivity contribution is 0.0524. The standard InChI is InChI=1S/C10H8INO5S/c1-2-17-10(14)7-4-3-5-8(9(7)11)18(15,16)12-6-13/h3-5H,2H2,1H3. The van der Waals surface area contributed by atoms with Gasteiger partial charge in [-0.15, -0.1) is 0 Å². The van der Waals surface area contributed by atoms with Gasteiger partial charge in [-0.1, -0.05) is 10.5 Å². The van der Waals surface area contributed by atoms with Gasteiger partial charge in [0.05, 0.1) is 12.2 Å². The molecule has 0 atom stereocenters. The monoisotopic (exact) mass is 381 g/mol. The first-order valence-electron chi connectivity index (χ1n) is 4.73. The molecule has 0 unspecified atom stereocenters. The summed E-state index contributed by atoms with van der Waals surface area (Å²) in [5, 5.41) is 0. The van der Waals surface area contributed by atoms with Crippen LogP contribution in [0.3, 0.4) is 0 Å². The van der Waals surface area contributed by atoms with Gasteiger partial charge in [-0.05, 0) is 41.6 Å². The average molecular weight is 381 g/mol. The second-order valence-corrected chi connectivity index (χ2v) is 5.65. The van der Waals surface area contributed by atoms with Crippen LogP contribution in [-0.2, 0) is 19.6 Å². The molecule has 18 heavy (non-hydrogen) atoms. The van der Waals surface area contributed by atoms with E-state index >= 15 is 0 Å². The number of hydrogen-bond donors (Lipinski definition) is 0. The SMILES string of the molecule is CCOC(=O)c1cccc(S(=O)(=O)N=C=O)c1I. The Morgan fingerprint density at radius 3 is 2.72 bits per heavy atom. The number of halogens is 1. The zero-order chi connectivity index (χ0) is 13.8. The molecule has 0 aromatic heterocycles. The molecule has 0 bridgehead atoms. The Morgan fingerprint density at radius 2 is 2.17 bits per heavy atom. The molecule has 6 nitrogen and oxygen atoms in total. The minimum Gasteiger partial charge on any atom is -0.462 e. The van der Waals surface area contributed by atoms with E-state index in [2.05, 4.69) is 4.40 Å². The van der Waals surface area contributed by atoms with E-state index in [1.165, 1.54) is 18.2 Å². The second-order valence-electron chi connectivity index (χ2n) is 3.00. The zero-order valence-corrected chi connectivity index (χ0v) is 12.2. The van der Waals surface area contributed by atoms with Crippen molar-refractivity contribution in [2.75, 3.05) is 6.61 Å². The molecule has 0 saturated heterocycles. The quantitative estimate of drug-likeness (QED) is 0.341. The molecule has 0 aliphatic rings. The number of nitrogens with zero attached hydrogens (tertiary/aromatic N) is 1. The molecule has 1 rings (SSSR count). The summed E-state index contributed by atoms with van der Waals surface area (Å²) < 4.78 is 30.9. The van der Waals surface area contributed by atoms with Crippen molar-refractivity contribution in [3.8, 4) is 0 Å². The van der Waals surface area contributed by atoms with Crippen molar-refractivity contribution in [1.82, 2.24) is 0 Å². The summed E-state index contributed by atoms with van der Waals surface area (Å²) in [5.41, 5.74) is 0.111. The third-order valence-corrected chi connectivity index (χ3v) is 4.63. The van der Waals surface area contributed by atoms with Crippen LogP contribution < -0.4 is 0 Å². The fraction of sp³-hybridized carbons (Fsp3) is 0.200. The Morgan fingerprint density at radius 1 is 1.50 bits per heavy atom. The van der Waals surface area contributed by atoms with Crippen molar-refractivity contribution >= 4 is 44.7 Å². The molecule has 8 heteroatoms. The third kappa shape index (κ3) is 3.15. The van der Waals surface area contributed by atoms with E-state index in [-0.39, 0.29) is 20.6 Å². The van der Waals surface area contributed by atoms with Crippen LogP contribution in [0.25, 0.3) is 0 Å². The molecule has 0 radical (unpaired) electrons. The number of isocyanates is 1. The summed E-state index contributed by atoms with van der Waals surface area (Å²) in [5.74, 6) is -0.631. The first-order valence-corrected chi connectivity index (χ1v) is 7.25. The summed E-state index contributed by atoms with van der Waals surface area (Å²) >= 11 is 1.69. The molecule has 96 valence electrons. The van der Waals surface area contributed by atoms with E-state index < -0.39 is 16.0 Å². The van der Waals surface area contributed by atoms with Gasteiger partial charge in [-0.3, -0.25) is 0 Å². The number of rotatable bonds is 4. The Hall–Kier alpha value is -1.25. The van der Waals surface area contributed by atoms with Gasteiger partial charge in [0, 0.05) is 3.57 Å². The van der Waals surface area contributed by atoms with E-state index in [0.29, 0.717) is 0 Å². The number of carbonyl (C=O) groups is 1. The lowest BCUT2D eigenvalue weighted by atomic mass is 10.2. The van der Waals surface area contributed by atoms with Crippen LogP contribution in [0.5, 0.6) is 0 Å². The fourth-order valence-electron chi connectivity index (χ4n) is 1.17. The molecule has 0 spiro atoms. The van der Waals surface area contributed by atoms with Crippen molar-refractivity contribution < 1.29 is 22.7 Å². The summed E-state index contributed by atoms with van der Waals surface area (Å²) in [6.45, 7) is 1.82. The first-order chi connectivity index (χ1) is 8.44. The number of sulfonamides is 1.